The predicted molar refractivity (Wildman–Crippen MR) is 282 cm³/mol. The lowest BCUT2D eigenvalue weighted by Crippen LogP contribution is -2.72. The van der Waals surface area contributed by atoms with Gasteiger partial charge in [0.25, 0.3) is 0 Å². The van der Waals surface area contributed by atoms with Crippen LogP contribution < -0.4 is 0 Å². The molecule has 0 saturated carbocycles. The molecule has 17 aliphatic rings. The van der Waals surface area contributed by atoms with Crippen molar-refractivity contribution in [2.45, 2.75) is 314 Å². The van der Waals surface area contributed by atoms with E-state index in [-0.39, 0.29) is 177 Å². The number of carbonyl (C=O) groups excluding carboxylic acids is 2. The van der Waals surface area contributed by atoms with E-state index in [1.54, 1.807) is 0 Å². The van der Waals surface area contributed by atoms with Crippen molar-refractivity contribution < 1.29 is 90.9 Å². The Hall–Kier alpha value is -2.02. The fourth-order valence-corrected chi connectivity index (χ4v) is 18.4. The summed E-state index contributed by atoms with van der Waals surface area (Å²) in [5, 5.41) is 20.4. The third-order valence-corrected chi connectivity index (χ3v) is 22.4. The van der Waals surface area contributed by atoms with Crippen molar-refractivity contribution in [2.24, 2.45) is 29.6 Å². The summed E-state index contributed by atoms with van der Waals surface area (Å²) in [5.74, 6) is -2.86. The second-order valence-electron chi connectivity index (χ2n) is 28.1. The molecule has 2 N–H and O–H groups in total. The van der Waals surface area contributed by atoms with Crippen LogP contribution in [0.5, 0.6) is 0 Å². The van der Waals surface area contributed by atoms with Crippen LogP contribution in [0.1, 0.15) is 156 Å². The molecule has 81 heavy (non-hydrogen) atoms. The van der Waals surface area contributed by atoms with Gasteiger partial charge in [0.05, 0.1) is 134 Å². The van der Waals surface area contributed by atoms with Gasteiger partial charge in [-0.05, 0) is 73.8 Å². The number of rotatable bonds is 4. The topological polar surface area (TPSA) is 213 Å². The van der Waals surface area contributed by atoms with E-state index in [0.29, 0.717) is 70.6 Å². The number of hydrogen-bond acceptors (Lipinski definition) is 19. The second kappa shape index (κ2) is 21.1. The number of hydrogen-bond donors (Lipinski definition) is 2. The summed E-state index contributed by atoms with van der Waals surface area (Å²) in [6, 6.07) is 0. The van der Waals surface area contributed by atoms with Crippen LogP contribution in [0.4, 0.5) is 0 Å². The molecule has 5 unspecified atom stereocenters. The monoisotopic (exact) mass is 1140 g/mol. The summed E-state index contributed by atoms with van der Waals surface area (Å²) in [7, 11) is 0. The average molecular weight is 1140 g/mol. The number of fused-ring (bicyclic) bond motifs is 10. The fourth-order valence-electron chi connectivity index (χ4n) is 18.4. The van der Waals surface area contributed by atoms with Gasteiger partial charge >= 0.3 is 5.97 Å². The molecule has 0 amide bonds. The molecule has 19 heteroatoms. The lowest BCUT2D eigenvalue weighted by atomic mass is 9.75. The maximum atomic E-state index is 14.6. The summed E-state index contributed by atoms with van der Waals surface area (Å²) in [4.78, 5) is 27.0. The highest BCUT2D eigenvalue weighted by atomic mass is 16.8. The van der Waals surface area contributed by atoms with E-state index < -0.39 is 47.9 Å². The van der Waals surface area contributed by atoms with Crippen LogP contribution in [0.2, 0.25) is 0 Å². The van der Waals surface area contributed by atoms with Crippen LogP contribution in [0, 0.1) is 29.6 Å². The minimum Gasteiger partial charge on any atom is -0.459 e. The summed E-state index contributed by atoms with van der Waals surface area (Å²) >= 11 is 0. The van der Waals surface area contributed by atoms with E-state index in [4.69, 9.17) is 71.1 Å². The summed E-state index contributed by atoms with van der Waals surface area (Å²) in [6.07, 6.45) is 4.18. The van der Waals surface area contributed by atoms with E-state index in [1.165, 1.54) is 0 Å². The van der Waals surface area contributed by atoms with Crippen LogP contribution in [0.3, 0.4) is 0 Å². The zero-order valence-electron chi connectivity index (χ0n) is 47.8. The molecule has 3 spiro atoms. The highest BCUT2D eigenvalue weighted by molar-refractivity contribution is 5.79. The molecule has 17 fully saturated rings. The summed E-state index contributed by atoms with van der Waals surface area (Å²) in [6.45, 7) is 17.6. The molecule has 0 aromatic rings. The standard InChI is InChI=1S/C62H88O19/c1-28-15-35-7-9-39-29(2)16-37(67-39)11-13-60-26-50-53(59(74-50)81-60)44-22-48(77-60)58-40(70-44)10-8-36(69-58)18-52(66)75-57-33(6)56-46(71-45(57)20-41(68-35)32(28)5)21-43-49(73-56)25-62(76-43)27-51-55(80-62)31(4)24-61(79-51)23-30(3)54-47(78-61)19-38(65)42(72-54)17-34(64)12-14-63/h28,30-31,33,35-51,53-59,63,65H,2,5,7-27H2,1,3-4,6H3/t28-,30+,31+,33+,35+,36-,37+,38-,39+,40+,41-,42-,43-,44-,45?,46+,47+,48-,49-,50-,51?,53+,54?,55+,56+,57-,58+,59?,60?,61-,62+/m1/s1. The van der Waals surface area contributed by atoms with Crippen molar-refractivity contribution in [1.29, 1.82) is 0 Å². The molecule has 17 rings (SSSR count). The minimum absolute atomic E-state index is 0.0159. The van der Waals surface area contributed by atoms with Crippen molar-refractivity contribution in [3.63, 3.8) is 0 Å². The van der Waals surface area contributed by atoms with Crippen LogP contribution in [0.15, 0.2) is 24.3 Å². The van der Waals surface area contributed by atoms with E-state index in [1.807, 2.05) is 0 Å². The number of Topliss-reactive ketones (excluding diaryl/α,β-unsaturated/α-hetero) is 1. The third kappa shape index (κ3) is 10.0. The molecular formula is C62H88O19. The number of esters is 1. The average Bonchev–Trinajstić information content (AvgIpc) is 3.56. The Morgan fingerprint density at radius 1 is 0.543 bits per heavy atom. The first-order chi connectivity index (χ1) is 39.0. The van der Waals surface area contributed by atoms with Gasteiger partial charge in [0, 0.05) is 89.6 Å². The quantitative estimate of drug-likeness (QED) is 0.240. The highest BCUT2D eigenvalue weighted by Gasteiger charge is 2.67. The lowest BCUT2D eigenvalue weighted by molar-refractivity contribution is -0.483. The number of ether oxygens (including phenoxy) is 15. The van der Waals surface area contributed by atoms with Gasteiger partial charge in [0.1, 0.15) is 18.0 Å². The molecule has 12 bridgehead atoms. The Morgan fingerprint density at radius 3 is 2.06 bits per heavy atom. The van der Waals surface area contributed by atoms with Gasteiger partial charge in [0.15, 0.2) is 23.7 Å². The largest absolute Gasteiger partial charge is 0.459 e. The molecule has 17 aliphatic heterocycles. The fraction of sp³-hybridized carbons (Fsp3) is 0.903. The smallest absolute Gasteiger partial charge is 0.308 e. The predicted octanol–water partition coefficient (Wildman–Crippen LogP) is 6.12. The Kier molecular flexibility index (Phi) is 14.5. The molecular weight excluding hydrogens is 1050 g/mol. The number of carbonyl (C=O) groups is 2. The first-order valence-corrected chi connectivity index (χ1v) is 31.6. The van der Waals surface area contributed by atoms with Crippen molar-refractivity contribution in [3.8, 4) is 0 Å². The van der Waals surface area contributed by atoms with Crippen LogP contribution in [-0.4, -0.2) is 187 Å². The molecule has 0 radical (unpaired) electrons. The zero-order chi connectivity index (χ0) is 55.4. The first-order valence-electron chi connectivity index (χ1n) is 31.6. The first kappa shape index (κ1) is 55.6. The Labute approximate surface area is 475 Å². The molecule has 17 heterocycles. The van der Waals surface area contributed by atoms with Gasteiger partial charge in [-0.3, -0.25) is 9.59 Å². The normalized spacial score (nSPS) is 56.4. The lowest BCUT2D eigenvalue weighted by Gasteiger charge is -2.63. The van der Waals surface area contributed by atoms with Gasteiger partial charge in [-0.1, -0.05) is 40.9 Å². The summed E-state index contributed by atoms with van der Waals surface area (Å²) in [5.41, 5.74) is 2.15. The highest BCUT2D eigenvalue weighted by Crippen LogP contribution is 2.58. The van der Waals surface area contributed by atoms with E-state index >= 15 is 0 Å². The Balaban J connectivity index is 0.650. The number of aliphatic hydroxyl groups excluding tert-OH is 2. The molecule has 0 aromatic heterocycles. The van der Waals surface area contributed by atoms with Crippen LogP contribution in [-0.2, 0) is 80.6 Å². The maximum absolute atomic E-state index is 14.6. The Morgan fingerprint density at radius 2 is 1.23 bits per heavy atom. The van der Waals surface area contributed by atoms with Crippen molar-refractivity contribution in [1.82, 2.24) is 0 Å². The third-order valence-electron chi connectivity index (χ3n) is 22.4. The van der Waals surface area contributed by atoms with Gasteiger partial charge in [-0.25, -0.2) is 0 Å². The maximum Gasteiger partial charge on any atom is 0.308 e. The summed E-state index contributed by atoms with van der Waals surface area (Å²) < 4.78 is 103. The SMILES string of the molecule is C=C1C[C@@H]2CCC34C[C@H]5OC(O3)[C@H]5[C@H]3C[C@@H](O4)[C@H]4O[C@H](CC[C@@H]4O3)CC(=O)O[C@H]3C(C[C@H]4O[C@@H](CC[C@@H]1O2)C[C@@H](C)C4=C)O[C@H]1C[C@H]2O[C@@]4(CC5O[C@]6(C[C@H](C)C7O[C@H](CC(=O)CCO)[C@H](O)C[C@@H]7O6)C[C@H](C)[C@@H]5O4)C[C@H]2O[C@H]1[C@@H]3C. The van der Waals surface area contributed by atoms with E-state index in [9.17, 15) is 19.8 Å². The molecule has 450 valence electrons. The van der Waals surface area contributed by atoms with E-state index in [2.05, 4.69) is 40.9 Å². The van der Waals surface area contributed by atoms with Crippen molar-refractivity contribution in [3.05, 3.63) is 24.3 Å². The van der Waals surface area contributed by atoms with E-state index in [0.717, 1.165) is 49.7 Å². The zero-order valence-corrected chi connectivity index (χ0v) is 47.8. The van der Waals surface area contributed by atoms with Gasteiger partial charge in [0.2, 0.25) is 0 Å². The number of aliphatic hydroxyl groups is 2. The molecule has 19 nitrogen and oxygen atoms in total. The van der Waals surface area contributed by atoms with Gasteiger partial charge in [-0.2, -0.15) is 0 Å². The second-order valence-corrected chi connectivity index (χ2v) is 28.1. The molecule has 31 atom stereocenters. The van der Waals surface area contributed by atoms with Crippen molar-refractivity contribution in [2.75, 3.05) is 6.61 Å². The molecule has 0 aliphatic carbocycles. The van der Waals surface area contributed by atoms with Crippen LogP contribution in [0.25, 0.3) is 0 Å². The molecule has 17 saturated heterocycles. The Bertz CT molecular complexity index is 2410. The van der Waals surface area contributed by atoms with Gasteiger partial charge in [-0.15, -0.1) is 0 Å². The van der Waals surface area contributed by atoms with Crippen LogP contribution >= 0.6 is 0 Å². The van der Waals surface area contributed by atoms with Gasteiger partial charge < -0.3 is 81.3 Å². The minimum atomic E-state index is -0.937. The number of ketones is 1. The molecule has 0 aromatic carbocycles. The van der Waals surface area contributed by atoms with Crippen molar-refractivity contribution >= 4 is 11.8 Å².